The number of carboxylic acid groups (broad SMARTS) is 1. The molecule has 1 saturated heterocycles. The van der Waals surface area contributed by atoms with Crippen molar-refractivity contribution < 1.29 is 14.7 Å². The Morgan fingerprint density at radius 1 is 1.14 bits per heavy atom. The Morgan fingerprint density at radius 3 is 2.68 bits per heavy atom. The van der Waals surface area contributed by atoms with Gasteiger partial charge < -0.3 is 10.1 Å². The number of nitrogens with one attached hydrogen (secondary N) is 1. The molecular weight excluding hydrogens is 374 g/mol. The van der Waals surface area contributed by atoms with E-state index in [2.05, 4.69) is 9.98 Å². The molecule has 140 valence electrons. The number of thioether (sulfide) groups is 1. The van der Waals surface area contributed by atoms with E-state index in [4.69, 9.17) is 5.11 Å². The number of carboxylic acids is 1. The number of hydrogen-bond donors (Lipinski definition) is 2. The van der Waals surface area contributed by atoms with E-state index >= 15 is 0 Å². The zero-order chi connectivity index (χ0) is 19.5. The number of nitrogens with zero attached hydrogens (tertiary/aromatic N) is 2. The Balaban J connectivity index is 1.62. The number of amides is 1. The fraction of sp³-hybridized carbons (Fsp3) is 0.0952. The summed E-state index contributed by atoms with van der Waals surface area (Å²) in [5.41, 5.74) is 2.86. The van der Waals surface area contributed by atoms with Crippen molar-refractivity contribution in [3.05, 3.63) is 77.3 Å². The van der Waals surface area contributed by atoms with Gasteiger partial charge in [-0.05, 0) is 41.9 Å². The number of rotatable bonds is 5. The molecule has 1 aromatic heterocycles. The van der Waals surface area contributed by atoms with E-state index in [0.717, 1.165) is 34.3 Å². The highest BCUT2D eigenvalue weighted by molar-refractivity contribution is 8.18. The Labute approximate surface area is 165 Å². The van der Waals surface area contributed by atoms with Gasteiger partial charge in [-0.2, -0.15) is 0 Å². The molecule has 28 heavy (non-hydrogen) atoms. The molecule has 2 heterocycles. The first-order valence-corrected chi connectivity index (χ1v) is 9.56. The van der Waals surface area contributed by atoms with E-state index in [1.807, 2.05) is 60.8 Å². The predicted octanol–water partition coefficient (Wildman–Crippen LogP) is 3.94. The summed E-state index contributed by atoms with van der Waals surface area (Å²) < 4.78 is 0. The summed E-state index contributed by atoms with van der Waals surface area (Å²) in [7, 11) is 0. The molecule has 1 amide bonds. The largest absolute Gasteiger partial charge is 0.478 e. The highest BCUT2D eigenvalue weighted by Crippen LogP contribution is 2.33. The number of carbonyl (C=O) groups excluding carboxylic acids is 1. The quantitative estimate of drug-likeness (QED) is 0.645. The highest BCUT2D eigenvalue weighted by atomic mass is 32.2. The number of aromatic amines is 1. The van der Waals surface area contributed by atoms with Crippen LogP contribution in [0.5, 0.6) is 0 Å². The van der Waals surface area contributed by atoms with Gasteiger partial charge in [-0.25, -0.2) is 9.79 Å². The van der Waals surface area contributed by atoms with Crippen molar-refractivity contribution in [2.24, 2.45) is 4.99 Å². The minimum Gasteiger partial charge on any atom is -0.478 e. The van der Waals surface area contributed by atoms with Crippen molar-refractivity contribution in [1.29, 1.82) is 0 Å². The maximum Gasteiger partial charge on any atom is 0.329 e. The van der Waals surface area contributed by atoms with Crippen molar-refractivity contribution >= 4 is 45.4 Å². The van der Waals surface area contributed by atoms with Crippen LogP contribution in [-0.2, 0) is 16.0 Å². The van der Waals surface area contributed by atoms with E-state index in [-0.39, 0.29) is 10.8 Å². The average molecular weight is 391 g/mol. The van der Waals surface area contributed by atoms with Gasteiger partial charge in [-0.3, -0.25) is 9.69 Å². The predicted molar refractivity (Wildman–Crippen MR) is 111 cm³/mol. The van der Waals surface area contributed by atoms with Crippen LogP contribution in [0.3, 0.4) is 0 Å². The SMILES string of the molecule is O=C(O)/C=C1/SC(=Nc2ccccc2)N(CCc2c[nH]c3ccccc23)C1=O. The summed E-state index contributed by atoms with van der Waals surface area (Å²) in [6.07, 6.45) is 3.52. The van der Waals surface area contributed by atoms with Gasteiger partial charge in [0, 0.05) is 29.7 Å². The normalized spacial score (nSPS) is 17.1. The van der Waals surface area contributed by atoms with Crippen LogP contribution < -0.4 is 0 Å². The first kappa shape index (κ1) is 18.1. The molecule has 0 spiro atoms. The van der Waals surface area contributed by atoms with Gasteiger partial charge in [0.15, 0.2) is 5.17 Å². The number of H-pyrrole nitrogens is 1. The third-order valence-electron chi connectivity index (χ3n) is 4.40. The molecule has 0 radical (unpaired) electrons. The molecule has 0 unspecified atom stereocenters. The lowest BCUT2D eigenvalue weighted by atomic mass is 10.1. The second kappa shape index (κ2) is 7.74. The number of aliphatic carboxylic acids is 1. The zero-order valence-corrected chi connectivity index (χ0v) is 15.6. The Morgan fingerprint density at radius 2 is 1.89 bits per heavy atom. The number of para-hydroxylation sites is 2. The van der Waals surface area contributed by atoms with Gasteiger partial charge in [0.2, 0.25) is 0 Å². The van der Waals surface area contributed by atoms with E-state index in [0.29, 0.717) is 23.8 Å². The first-order chi connectivity index (χ1) is 13.6. The third-order valence-corrected chi connectivity index (χ3v) is 5.41. The average Bonchev–Trinajstić information content (AvgIpc) is 3.22. The lowest BCUT2D eigenvalue weighted by Gasteiger charge is -2.15. The lowest BCUT2D eigenvalue weighted by molar-refractivity contribution is -0.132. The van der Waals surface area contributed by atoms with Crippen LogP contribution in [0, 0.1) is 0 Å². The fourth-order valence-electron chi connectivity index (χ4n) is 3.08. The summed E-state index contributed by atoms with van der Waals surface area (Å²) in [5.74, 6) is -1.48. The van der Waals surface area contributed by atoms with Crippen LogP contribution in [0.1, 0.15) is 5.56 Å². The molecule has 3 aromatic rings. The molecule has 4 rings (SSSR count). The number of hydrogen-bond acceptors (Lipinski definition) is 4. The summed E-state index contributed by atoms with van der Waals surface area (Å²) in [6.45, 7) is 0.413. The van der Waals surface area contributed by atoms with Crippen molar-refractivity contribution in [1.82, 2.24) is 9.88 Å². The van der Waals surface area contributed by atoms with Gasteiger partial charge in [-0.1, -0.05) is 36.4 Å². The second-order valence-electron chi connectivity index (χ2n) is 6.25. The molecular formula is C21H17N3O3S. The van der Waals surface area contributed by atoms with Crippen LogP contribution in [0.15, 0.2) is 76.8 Å². The van der Waals surface area contributed by atoms with Crippen molar-refractivity contribution in [3.8, 4) is 0 Å². The molecule has 1 fully saturated rings. The van der Waals surface area contributed by atoms with Crippen LogP contribution >= 0.6 is 11.8 Å². The lowest BCUT2D eigenvalue weighted by Crippen LogP contribution is -2.31. The molecule has 2 aromatic carbocycles. The Kier molecular flexibility index (Phi) is 4.99. The maximum absolute atomic E-state index is 12.7. The molecule has 0 atom stereocenters. The van der Waals surface area contributed by atoms with Gasteiger partial charge in [0.05, 0.1) is 10.6 Å². The number of fused-ring (bicyclic) bond motifs is 1. The van der Waals surface area contributed by atoms with Crippen LogP contribution in [0.25, 0.3) is 10.9 Å². The molecule has 6 nitrogen and oxygen atoms in total. The van der Waals surface area contributed by atoms with E-state index in [1.165, 1.54) is 0 Å². The number of benzene rings is 2. The Bertz CT molecular complexity index is 1100. The summed E-state index contributed by atoms with van der Waals surface area (Å²) in [5, 5.41) is 10.7. The monoisotopic (exact) mass is 391 g/mol. The zero-order valence-electron chi connectivity index (χ0n) is 14.8. The minimum absolute atomic E-state index is 0.168. The molecule has 7 heteroatoms. The van der Waals surface area contributed by atoms with Crippen molar-refractivity contribution in [2.75, 3.05) is 6.54 Å². The van der Waals surface area contributed by atoms with Crippen LogP contribution in [0.4, 0.5) is 5.69 Å². The van der Waals surface area contributed by atoms with Gasteiger partial charge >= 0.3 is 5.97 Å². The minimum atomic E-state index is -1.15. The molecule has 2 N–H and O–H groups in total. The molecule has 0 bridgehead atoms. The maximum atomic E-state index is 12.7. The topological polar surface area (TPSA) is 85.8 Å². The van der Waals surface area contributed by atoms with Crippen molar-refractivity contribution in [3.63, 3.8) is 0 Å². The standard InChI is InChI=1S/C21H17N3O3S/c25-19(26)12-18-20(27)24(21(28-18)23-15-6-2-1-3-7-15)11-10-14-13-22-17-9-5-4-8-16(14)17/h1-9,12-13,22H,10-11H2,(H,25,26)/b18-12+,23-21?. The number of amidine groups is 1. The number of carbonyl (C=O) groups is 2. The van der Waals surface area contributed by atoms with Crippen LogP contribution in [-0.4, -0.2) is 38.6 Å². The smallest absolute Gasteiger partial charge is 0.329 e. The second-order valence-corrected chi connectivity index (χ2v) is 7.25. The summed E-state index contributed by atoms with van der Waals surface area (Å²) in [4.78, 5) is 33.3. The van der Waals surface area contributed by atoms with Gasteiger partial charge in [0.25, 0.3) is 5.91 Å². The third kappa shape index (κ3) is 3.70. The molecule has 1 aliphatic rings. The van der Waals surface area contributed by atoms with Gasteiger partial charge in [0.1, 0.15) is 0 Å². The van der Waals surface area contributed by atoms with Crippen LogP contribution in [0.2, 0.25) is 0 Å². The fourth-order valence-corrected chi connectivity index (χ4v) is 4.07. The van der Waals surface area contributed by atoms with Gasteiger partial charge in [-0.15, -0.1) is 0 Å². The molecule has 1 aliphatic heterocycles. The molecule has 0 saturated carbocycles. The van der Waals surface area contributed by atoms with E-state index in [9.17, 15) is 9.59 Å². The number of aliphatic imine (C=N–C) groups is 1. The van der Waals surface area contributed by atoms with E-state index < -0.39 is 5.97 Å². The Hall–Kier alpha value is -3.32. The summed E-state index contributed by atoms with van der Waals surface area (Å²) in [6, 6.07) is 17.3. The highest BCUT2D eigenvalue weighted by Gasteiger charge is 2.33. The van der Waals surface area contributed by atoms with E-state index in [1.54, 1.807) is 4.90 Å². The molecule has 0 aliphatic carbocycles. The first-order valence-electron chi connectivity index (χ1n) is 8.75. The number of aromatic nitrogens is 1. The summed E-state index contributed by atoms with van der Waals surface area (Å²) >= 11 is 1.09. The van der Waals surface area contributed by atoms with Crippen molar-refractivity contribution in [2.45, 2.75) is 6.42 Å².